The minimum atomic E-state index is -0.318. The molecular formula is C18H20N2O3. The molecule has 0 saturated carbocycles. The molecule has 0 aromatic heterocycles. The van der Waals surface area contributed by atoms with Crippen LogP contribution in [0.2, 0.25) is 0 Å². The van der Waals surface area contributed by atoms with Gasteiger partial charge in [-0.3, -0.25) is 4.79 Å². The third-order valence-corrected chi connectivity index (χ3v) is 3.25. The molecule has 0 bridgehead atoms. The standard InChI is InChI=1S/C18H20N2O3/c1-13-4-5-15(14(2)10-13)11-19-20-18(21)12-23-17-8-6-16(22-3)7-9-17/h4-11H,12H2,1-3H3,(H,20,21). The molecule has 0 aliphatic carbocycles. The van der Waals surface area contributed by atoms with Gasteiger partial charge in [0.2, 0.25) is 0 Å². The summed E-state index contributed by atoms with van der Waals surface area (Å²) in [6.07, 6.45) is 1.63. The van der Waals surface area contributed by atoms with Crippen molar-refractivity contribution in [2.45, 2.75) is 13.8 Å². The maximum Gasteiger partial charge on any atom is 0.277 e. The van der Waals surface area contributed by atoms with Gasteiger partial charge in [-0.25, -0.2) is 5.43 Å². The lowest BCUT2D eigenvalue weighted by molar-refractivity contribution is -0.123. The van der Waals surface area contributed by atoms with Crippen LogP contribution in [-0.4, -0.2) is 25.8 Å². The zero-order valence-electron chi connectivity index (χ0n) is 13.5. The number of hydrogen-bond acceptors (Lipinski definition) is 4. The van der Waals surface area contributed by atoms with Gasteiger partial charge in [-0.1, -0.05) is 23.8 Å². The summed E-state index contributed by atoms with van der Waals surface area (Å²) in [7, 11) is 1.59. The van der Waals surface area contributed by atoms with Crippen molar-refractivity contribution in [2.75, 3.05) is 13.7 Å². The van der Waals surface area contributed by atoms with Crippen molar-refractivity contribution in [2.24, 2.45) is 5.10 Å². The molecule has 2 rings (SSSR count). The highest BCUT2D eigenvalue weighted by Gasteiger charge is 2.02. The summed E-state index contributed by atoms with van der Waals surface area (Å²) in [6, 6.07) is 13.1. The van der Waals surface area contributed by atoms with E-state index in [4.69, 9.17) is 9.47 Å². The second-order valence-electron chi connectivity index (χ2n) is 5.12. The second-order valence-corrected chi connectivity index (χ2v) is 5.12. The van der Waals surface area contributed by atoms with Crippen molar-refractivity contribution in [1.82, 2.24) is 5.43 Å². The van der Waals surface area contributed by atoms with Crippen LogP contribution in [0.15, 0.2) is 47.6 Å². The molecule has 0 fully saturated rings. The van der Waals surface area contributed by atoms with Gasteiger partial charge in [-0.2, -0.15) is 5.10 Å². The van der Waals surface area contributed by atoms with E-state index in [9.17, 15) is 4.79 Å². The molecule has 5 heteroatoms. The second kappa shape index (κ2) is 7.98. The zero-order chi connectivity index (χ0) is 16.7. The van der Waals surface area contributed by atoms with Crippen LogP contribution in [0.5, 0.6) is 11.5 Å². The van der Waals surface area contributed by atoms with E-state index >= 15 is 0 Å². The minimum absolute atomic E-state index is 0.101. The summed E-state index contributed by atoms with van der Waals surface area (Å²) < 4.78 is 10.4. The summed E-state index contributed by atoms with van der Waals surface area (Å²) in [4.78, 5) is 11.7. The summed E-state index contributed by atoms with van der Waals surface area (Å²) in [5.74, 6) is 1.01. The molecule has 2 aromatic rings. The van der Waals surface area contributed by atoms with Crippen molar-refractivity contribution in [1.29, 1.82) is 0 Å². The molecule has 0 radical (unpaired) electrons. The summed E-state index contributed by atoms with van der Waals surface area (Å²) in [6.45, 7) is 3.94. The average Bonchev–Trinajstić information content (AvgIpc) is 2.55. The molecule has 23 heavy (non-hydrogen) atoms. The molecule has 120 valence electrons. The summed E-state index contributed by atoms with van der Waals surface area (Å²) >= 11 is 0. The van der Waals surface area contributed by atoms with Gasteiger partial charge >= 0.3 is 0 Å². The summed E-state index contributed by atoms with van der Waals surface area (Å²) in [5, 5.41) is 3.95. The highest BCUT2D eigenvalue weighted by atomic mass is 16.5. The van der Waals surface area contributed by atoms with Gasteiger partial charge in [0.05, 0.1) is 13.3 Å². The minimum Gasteiger partial charge on any atom is -0.497 e. The number of hydrazone groups is 1. The van der Waals surface area contributed by atoms with Crippen molar-refractivity contribution >= 4 is 12.1 Å². The maximum absolute atomic E-state index is 11.7. The number of ether oxygens (including phenoxy) is 2. The first-order valence-electron chi connectivity index (χ1n) is 7.24. The first-order valence-corrected chi connectivity index (χ1v) is 7.24. The highest BCUT2D eigenvalue weighted by Crippen LogP contribution is 2.16. The molecule has 0 aliphatic heterocycles. The normalized spacial score (nSPS) is 10.6. The predicted octanol–water partition coefficient (Wildman–Crippen LogP) is 2.84. The lowest BCUT2D eigenvalue weighted by Gasteiger charge is -2.06. The molecule has 0 atom stereocenters. The number of hydrogen-bond donors (Lipinski definition) is 1. The zero-order valence-corrected chi connectivity index (χ0v) is 13.5. The van der Waals surface area contributed by atoms with E-state index in [1.165, 1.54) is 5.56 Å². The third kappa shape index (κ3) is 5.14. The number of nitrogens with one attached hydrogen (secondary N) is 1. The number of methoxy groups -OCH3 is 1. The Bertz CT molecular complexity index is 694. The van der Waals surface area contributed by atoms with E-state index in [1.54, 1.807) is 37.6 Å². The largest absolute Gasteiger partial charge is 0.497 e. The smallest absolute Gasteiger partial charge is 0.277 e. The number of aryl methyl sites for hydroxylation is 2. The third-order valence-electron chi connectivity index (χ3n) is 3.25. The van der Waals surface area contributed by atoms with Crippen molar-refractivity contribution < 1.29 is 14.3 Å². The van der Waals surface area contributed by atoms with Crippen molar-refractivity contribution in [3.8, 4) is 11.5 Å². The molecule has 0 saturated heterocycles. The highest BCUT2D eigenvalue weighted by molar-refractivity contribution is 5.84. The van der Waals surface area contributed by atoms with Gasteiger partial charge in [0.1, 0.15) is 11.5 Å². The molecule has 2 aromatic carbocycles. The number of rotatable bonds is 6. The van der Waals surface area contributed by atoms with Crippen LogP contribution in [-0.2, 0) is 4.79 Å². The van der Waals surface area contributed by atoms with E-state index in [0.29, 0.717) is 5.75 Å². The van der Waals surface area contributed by atoms with Crippen LogP contribution in [0, 0.1) is 13.8 Å². The fourth-order valence-corrected chi connectivity index (χ4v) is 2.00. The Morgan fingerprint density at radius 2 is 1.83 bits per heavy atom. The van der Waals surface area contributed by atoms with E-state index in [2.05, 4.69) is 16.6 Å². The van der Waals surface area contributed by atoms with Gasteiger partial charge in [0.15, 0.2) is 6.61 Å². The van der Waals surface area contributed by atoms with Gasteiger partial charge in [0.25, 0.3) is 5.91 Å². The number of amides is 1. The van der Waals surface area contributed by atoms with Crippen molar-refractivity contribution in [3.05, 3.63) is 59.2 Å². The molecule has 0 spiro atoms. The van der Waals surface area contributed by atoms with Crippen LogP contribution in [0.3, 0.4) is 0 Å². The molecule has 1 amide bonds. The molecule has 0 heterocycles. The Hall–Kier alpha value is -2.82. The van der Waals surface area contributed by atoms with E-state index in [-0.39, 0.29) is 12.5 Å². The van der Waals surface area contributed by atoms with Crippen LogP contribution >= 0.6 is 0 Å². The fraction of sp³-hybridized carbons (Fsp3) is 0.222. The quantitative estimate of drug-likeness (QED) is 0.659. The monoisotopic (exact) mass is 312 g/mol. The lowest BCUT2D eigenvalue weighted by Crippen LogP contribution is -2.24. The van der Waals surface area contributed by atoms with Crippen molar-refractivity contribution in [3.63, 3.8) is 0 Å². The average molecular weight is 312 g/mol. The SMILES string of the molecule is COc1ccc(OCC(=O)NN=Cc2ccc(C)cc2C)cc1. The van der Waals surface area contributed by atoms with Crippen LogP contribution in [0.25, 0.3) is 0 Å². The van der Waals surface area contributed by atoms with Gasteiger partial charge < -0.3 is 9.47 Å². The Kier molecular flexibility index (Phi) is 5.74. The fourth-order valence-electron chi connectivity index (χ4n) is 2.00. The molecule has 5 nitrogen and oxygen atoms in total. The predicted molar refractivity (Wildman–Crippen MR) is 90.1 cm³/mol. The van der Waals surface area contributed by atoms with Gasteiger partial charge in [-0.05, 0) is 49.2 Å². The summed E-state index contributed by atoms with van der Waals surface area (Å²) in [5.41, 5.74) is 5.71. The number of nitrogens with zero attached hydrogens (tertiary/aromatic N) is 1. The maximum atomic E-state index is 11.7. The Labute approximate surface area is 135 Å². The Morgan fingerprint density at radius 3 is 2.48 bits per heavy atom. The topological polar surface area (TPSA) is 59.9 Å². The van der Waals surface area contributed by atoms with Gasteiger partial charge in [0, 0.05) is 0 Å². The first kappa shape index (κ1) is 16.5. The number of benzene rings is 2. The molecule has 0 unspecified atom stereocenters. The number of carbonyl (C=O) groups is 1. The lowest BCUT2D eigenvalue weighted by atomic mass is 10.1. The van der Waals surface area contributed by atoms with Gasteiger partial charge in [-0.15, -0.1) is 0 Å². The van der Waals surface area contributed by atoms with Crippen LogP contribution in [0.1, 0.15) is 16.7 Å². The first-order chi connectivity index (χ1) is 11.1. The van der Waals surface area contributed by atoms with Crippen LogP contribution in [0.4, 0.5) is 0 Å². The number of carbonyl (C=O) groups excluding carboxylic acids is 1. The molecular weight excluding hydrogens is 292 g/mol. The van der Waals surface area contributed by atoms with E-state index in [1.807, 2.05) is 26.0 Å². The Morgan fingerprint density at radius 1 is 1.13 bits per heavy atom. The Balaban J connectivity index is 1.81. The molecule has 1 N–H and O–H groups in total. The molecule has 0 aliphatic rings. The van der Waals surface area contributed by atoms with E-state index in [0.717, 1.165) is 16.9 Å². The van der Waals surface area contributed by atoms with E-state index < -0.39 is 0 Å². The van der Waals surface area contributed by atoms with Crippen LogP contribution < -0.4 is 14.9 Å².